The molecule has 0 saturated carbocycles. The van der Waals surface area contributed by atoms with Gasteiger partial charge in [0.05, 0.1) is 0 Å². The quantitative estimate of drug-likeness (QED) is 0.337. The zero-order valence-electron chi connectivity index (χ0n) is 17.0. The second-order valence-corrected chi connectivity index (χ2v) is 8.37. The van der Waals surface area contributed by atoms with Gasteiger partial charge in [-0.25, -0.2) is 0 Å². The zero-order valence-corrected chi connectivity index (χ0v) is 18.6. The number of fused-ring (bicyclic) bond motifs is 3. The van der Waals surface area contributed by atoms with Gasteiger partial charge in [-0.05, 0) is 57.4 Å². The number of nitrogens with zero attached hydrogens (tertiary/aromatic N) is 2. The molecule has 0 aliphatic heterocycles. The maximum Gasteiger partial charge on any atom is 0.164 e. The van der Waals surface area contributed by atoms with Crippen molar-refractivity contribution in [1.82, 2.24) is 9.47 Å². The van der Waals surface area contributed by atoms with Crippen molar-refractivity contribution in [2.45, 2.75) is 32.4 Å². The number of hydrogen-bond acceptors (Lipinski definition) is 3. The van der Waals surface area contributed by atoms with Crippen molar-refractivity contribution in [3.05, 3.63) is 47.5 Å². The number of Topliss-reactive ketones (excluding diaryl/α,β-unsaturated/α-hetero) is 2. The molecule has 1 atom stereocenters. The van der Waals surface area contributed by atoms with Crippen molar-refractivity contribution in [2.24, 2.45) is 0 Å². The summed E-state index contributed by atoms with van der Waals surface area (Å²) >= 11 is 11.5. The average Bonchev–Trinajstić information content (AvgIpc) is 3.00. The van der Waals surface area contributed by atoms with Gasteiger partial charge in [-0.1, -0.05) is 0 Å². The van der Waals surface area contributed by atoms with Crippen LogP contribution in [0, 0.1) is 0 Å². The van der Waals surface area contributed by atoms with E-state index in [0.717, 1.165) is 28.4 Å². The van der Waals surface area contributed by atoms with E-state index in [-0.39, 0.29) is 11.6 Å². The molecule has 0 N–H and O–H groups in total. The normalized spacial score (nSPS) is 12.8. The molecule has 0 aliphatic rings. The molecule has 154 valence electrons. The number of alkyl halides is 2. The first kappa shape index (κ1) is 21.8. The minimum atomic E-state index is 0.0267. The summed E-state index contributed by atoms with van der Waals surface area (Å²) in [5, 5.41) is 1.96. The molecule has 0 saturated heterocycles. The number of aromatic nitrogens is 1. The van der Waals surface area contributed by atoms with Crippen LogP contribution in [0.1, 0.15) is 40.5 Å². The van der Waals surface area contributed by atoms with Crippen molar-refractivity contribution >= 4 is 56.6 Å². The fraction of sp³-hybridized carbons (Fsp3) is 0.391. The smallest absolute Gasteiger partial charge is 0.164 e. The van der Waals surface area contributed by atoms with Crippen LogP contribution in [0.4, 0.5) is 0 Å². The summed E-state index contributed by atoms with van der Waals surface area (Å²) in [6.07, 6.45) is 0.617. The van der Waals surface area contributed by atoms with Gasteiger partial charge in [0.2, 0.25) is 0 Å². The number of carbonyl (C=O) groups excluding carboxylic acids is 2. The Morgan fingerprint density at radius 3 is 1.72 bits per heavy atom. The van der Waals surface area contributed by atoms with Crippen molar-refractivity contribution in [2.75, 3.05) is 25.9 Å². The van der Waals surface area contributed by atoms with Gasteiger partial charge in [-0.15, -0.1) is 23.2 Å². The largest absolute Gasteiger partial charge is 0.339 e. The molecule has 0 spiro atoms. The molecular formula is C23H26Cl2N2O2. The fourth-order valence-corrected chi connectivity index (χ4v) is 3.88. The summed E-state index contributed by atoms with van der Waals surface area (Å²) in [4.78, 5) is 27.0. The van der Waals surface area contributed by atoms with Gasteiger partial charge in [-0.2, -0.15) is 0 Å². The van der Waals surface area contributed by atoms with E-state index in [0.29, 0.717) is 41.8 Å². The zero-order chi connectivity index (χ0) is 21.1. The predicted molar refractivity (Wildman–Crippen MR) is 122 cm³/mol. The lowest BCUT2D eigenvalue weighted by molar-refractivity contribution is 0.0981. The van der Waals surface area contributed by atoms with E-state index in [1.54, 1.807) is 0 Å². The number of ketones is 2. The Hall–Kier alpha value is -1.88. The lowest BCUT2D eigenvalue weighted by Crippen LogP contribution is -2.29. The van der Waals surface area contributed by atoms with Gasteiger partial charge < -0.3 is 9.47 Å². The highest BCUT2D eigenvalue weighted by Crippen LogP contribution is 2.32. The molecule has 3 rings (SSSR count). The van der Waals surface area contributed by atoms with E-state index in [9.17, 15) is 9.59 Å². The number of hydrogen-bond donors (Lipinski definition) is 0. The fourth-order valence-electron chi connectivity index (χ4n) is 3.54. The highest BCUT2D eigenvalue weighted by atomic mass is 35.5. The van der Waals surface area contributed by atoms with Gasteiger partial charge in [-0.3, -0.25) is 9.59 Å². The Morgan fingerprint density at radius 2 is 1.34 bits per heavy atom. The van der Waals surface area contributed by atoms with E-state index in [4.69, 9.17) is 23.2 Å². The van der Waals surface area contributed by atoms with E-state index in [1.807, 2.05) is 36.4 Å². The van der Waals surface area contributed by atoms with Gasteiger partial charge >= 0.3 is 0 Å². The molecule has 1 heterocycles. The number of rotatable bonds is 9. The van der Waals surface area contributed by atoms with Gasteiger partial charge in [0.25, 0.3) is 0 Å². The number of halogens is 2. The van der Waals surface area contributed by atoms with Crippen LogP contribution < -0.4 is 0 Å². The molecule has 1 aromatic heterocycles. The molecule has 1 unspecified atom stereocenters. The lowest BCUT2D eigenvalue weighted by Gasteiger charge is -2.21. The van der Waals surface area contributed by atoms with Crippen LogP contribution in [0.25, 0.3) is 21.8 Å². The summed E-state index contributed by atoms with van der Waals surface area (Å²) in [5.74, 6) is 0.657. The molecule has 3 aromatic rings. The summed E-state index contributed by atoms with van der Waals surface area (Å²) in [5.41, 5.74) is 3.40. The highest BCUT2D eigenvalue weighted by molar-refractivity contribution is 6.20. The van der Waals surface area contributed by atoms with Crippen LogP contribution in [0.5, 0.6) is 0 Å². The third kappa shape index (κ3) is 4.50. The molecule has 0 amide bonds. The minimum absolute atomic E-state index is 0.0267. The van der Waals surface area contributed by atoms with Gasteiger partial charge in [0.15, 0.2) is 11.6 Å². The average molecular weight is 433 g/mol. The summed E-state index contributed by atoms with van der Waals surface area (Å²) in [6.45, 7) is 2.98. The Morgan fingerprint density at radius 1 is 0.897 bits per heavy atom. The summed E-state index contributed by atoms with van der Waals surface area (Å²) in [6, 6.07) is 11.9. The van der Waals surface area contributed by atoms with Crippen LogP contribution in [0.3, 0.4) is 0 Å². The molecule has 4 nitrogen and oxygen atoms in total. The molecule has 2 aromatic carbocycles. The molecule has 6 heteroatoms. The predicted octanol–water partition coefficient (Wildman–Crippen LogP) is 5.37. The van der Waals surface area contributed by atoms with Crippen LogP contribution in [0.15, 0.2) is 36.4 Å². The monoisotopic (exact) mass is 432 g/mol. The van der Waals surface area contributed by atoms with Crippen molar-refractivity contribution in [1.29, 1.82) is 0 Å². The molecule has 0 fully saturated rings. The van der Waals surface area contributed by atoms with Crippen LogP contribution in [-0.4, -0.2) is 52.9 Å². The molecule has 0 bridgehead atoms. The van der Waals surface area contributed by atoms with Crippen molar-refractivity contribution in [3.8, 4) is 0 Å². The Bertz CT molecular complexity index is 981. The van der Waals surface area contributed by atoms with Gasteiger partial charge in [0, 0.05) is 70.1 Å². The molecular weight excluding hydrogens is 407 g/mol. The topological polar surface area (TPSA) is 42.3 Å². The number of carbonyl (C=O) groups is 2. The summed E-state index contributed by atoms with van der Waals surface area (Å²) < 4.78 is 2.26. The van der Waals surface area contributed by atoms with E-state index < -0.39 is 0 Å². The first-order valence-corrected chi connectivity index (χ1v) is 10.8. The Balaban J connectivity index is 2.22. The number of likely N-dealkylation sites (N-methyl/N-ethyl adjacent to an activating group) is 1. The minimum Gasteiger partial charge on any atom is -0.339 e. The lowest BCUT2D eigenvalue weighted by atomic mass is 10.0. The van der Waals surface area contributed by atoms with Crippen LogP contribution >= 0.6 is 23.2 Å². The molecule has 0 aliphatic carbocycles. The second kappa shape index (κ2) is 9.29. The van der Waals surface area contributed by atoms with E-state index in [1.165, 1.54) is 0 Å². The molecule has 0 radical (unpaired) electrons. The first-order chi connectivity index (χ1) is 13.9. The third-order valence-corrected chi connectivity index (χ3v) is 5.86. The van der Waals surface area contributed by atoms with Crippen molar-refractivity contribution in [3.63, 3.8) is 0 Å². The first-order valence-electron chi connectivity index (χ1n) is 9.78. The highest BCUT2D eigenvalue weighted by Gasteiger charge is 2.17. The SMILES string of the molecule is CC(Cn1c2ccc(C(=O)CCCl)cc2c2cc(C(=O)CCCl)ccc21)N(C)C. The second-order valence-electron chi connectivity index (χ2n) is 7.61. The van der Waals surface area contributed by atoms with E-state index >= 15 is 0 Å². The maximum absolute atomic E-state index is 12.4. The van der Waals surface area contributed by atoms with E-state index in [2.05, 4.69) is 30.5 Å². The standard InChI is InChI=1S/C23H26Cl2N2O2/c1-15(26(2)3)14-27-20-6-4-16(22(28)8-10-24)12-18(20)19-13-17(5-7-21(19)27)23(29)9-11-25/h4-7,12-13,15H,8-11,14H2,1-3H3. The third-order valence-electron chi connectivity index (χ3n) is 5.48. The molecule has 29 heavy (non-hydrogen) atoms. The van der Waals surface area contributed by atoms with Crippen molar-refractivity contribution < 1.29 is 9.59 Å². The van der Waals surface area contributed by atoms with Crippen LogP contribution in [-0.2, 0) is 6.54 Å². The van der Waals surface area contributed by atoms with Crippen LogP contribution in [0.2, 0.25) is 0 Å². The van der Waals surface area contributed by atoms with Gasteiger partial charge in [0.1, 0.15) is 0 Å². The summed E-state index contributed by atoms with van der Waals surface area (Å²) in [7, 11) is 4.12. The maximum atomic E-state index is 12.4. The Kier molecular flexibility index (Phi) is 6.99. The Labute approximate surface area is 181 Å². The number of benzene rings is 2.